The molecule has 4 aromatic rings. The second kappa shape index (κ2) is 8.95. The van der Waals surface area contributed by atoms with E-state index in [1.165, 1.54) is 44.6 Å². The summed E-state index contributed by atoms with van der Waals surface area (Å²) in [6, 6.07) is 21.3. The van der Waals surface area contributed by atoms with Crippen molar-refractivity contribution in [3.63, 3.8) is 0 Å². The molecule has 3 nitrogen and oxygen atoms in total. The zero-order valence-corrected chi connectivity index (χ0v) is 21.3. The van der Waals surface area contributed by atoms with Gasteiger partial charge in [0.25, 0.3) is 0 Å². The molecule has 0 spiro atoms. The molecular weight excluding hydrogens is 414 g/mol. The van der Waals surface area contributed by atoms with Gasteiger partial charge >= 0.3 is 0 Å². The first-order chi connectivity index (χ1) is 16.1. The SMILES string of the molecule is [C-]#[N+]c1ccc(Cc2c(C)nc(C)n2C(C)(C)c2cc(C)c(-c3cccc(C)c3)cc2C)cc1. The molecule has 0 aliphatic carbocycles. The number of imidazole rings is 1. The second-order valence-electron chi connectivity index (χ2n) is 9.89. The molecule has 0 aliphatic heterocycles. The summed E-state index contributed by atoms with van der Waals surface area (Å²) in [7, 11) is 0. The number of hydrogen-bond donors (Lipinski definition) is 0. The lowest BCUT2D eigenvalue weighted by Crippen LogP contribution is -2.31. The van der Waals surface area contributed by atoms with Crippen LogP contribution < -0.4 is 0 Å². The number of nitrogens with zero attached hydrogens (tertiary/aromatic N) is 3. The molecule has 0 unspecified atom stereocenters. The number of rotatable bonds is 5. The van der Waals surface area contributed by atoms with E-state index in [4.69, 9.17) is 11.6 Å². The van der Waals surface area contributed by atoms with E-state index in [1.807, 2.05) is 12.1 Å². The van der Waals surface area contributed by atoms with E-state index in [0.29, 0.717) is 5.69 Å². The molecule has 3 heteroatoms. The molecule has 34 heavy (non-hydrogen) atoms. The number of aromatic nitrogens is 2. The zero-order valence-electron chi connectivity index (χ0n) is 21.3. The van der Waals surface area contributed by atoms with E-state index in [9.17, 15) is 0 Å². The molecule has 0 saturated carbocycles. The highest BCUT2D eigenvalue weighted by Crippen LogP contribution is 2.36. The van der Waals surface area contributed by atoms with Crippen molar-refractivity contribution in [3.8, 4) is 11.1 Å². The fraction of sp³-hybridized carbons (Fsp3) is 0.290. The highest BCUT2D eigenvalue weighted by molar-refractivity contribution is 5.69. The van der Waals surface area contributed by atoms with Gasteiger partial charge in [0.15, 0.2) is 5.69 Å². The van der Waals surface area contributed by atoms with Crippen LogP contribution in [-0.4, -0.2) is 9.55 Å². The topological polar surface area (TPSA) is 22.2 Å². The minimum atomic E-state index is -0.267. The van der Waals surface area contributed by atoms with Crippen LogP contribution >= 0.6 is 0 Å². The molecule has 0 amide bonds. The van der Waals surface area contributed by atoms with Crippen molar-refractivity contribution in [1.82, 2.24) is 9.55 Å². The maximum absolute atomic E-state index is 7.21. The van der Waals surface area contributed by atoms with Crippen molar-refractivity contribution in [2.24, 2.45) is 0 Å². The predicted octanol–water partition coefficient (Wildman–Crippen LogP) is 8.02. The van der Waals surface area contributed by atoms with Gasteiger partial charge in [-0.25, -0.2) is 9.83 Å². The molecule has 1 heterocycles. The molecule has 3 aromatic carbocycles. The summed E-state index contributed by atoms with van der Waals surface area (Å²) >= 11 is 0. The summed E-state index contributed by atoms with van der Waals surface area (Å²) in [5.41, 5.74) is 11.6. The monoisotopic (exact) mass is 447 g/mol. The van der Waals surface area contributed by atoms with Crippen molar-refractivity contribution in [3.05, 3.63) is 117 Å². The maximum atomic E-state index is 7.21. The van der Waals surface area contributed by atoms with Crippen molar-refractivity contribution < 1.29 is 0 Å². The van der Waals surface area contributed by atoms with Crippen LogP contribution in [0.5, 0.6) is 0 Å². The van der Waals surface area contributed by atoms with Gasteiger partial charge in [-0.3, -0.25) is 0 Å². The van der Waals surface area contributed by atoms with Crippen LogP contribution in [-0.2, 0) is 12.0 Å². The number of aryl methyl sites for hydroxylation is 5. The average Bonchev–Trinajstić information content (AvgIpc) is 3.08. The maximum Gasteiger partial charge on any atom is 0.187 e. The largest absolute Gasteiger partial charge is 0.322 e. The van der Waals surface area contributed by atoms with E-state index >= 15 is 0 Å². The van der Waals surface area contributed by atoms with Crippen LogP contribution in [0.3, 0.4) is 0 Å². The van der Waals surface area contributed by atoms with E-state index in [1.54, 1.807) is 0 Å². The normalized spacial score (nSPS) is 11.5. The standard InChI is InChI=1S/C31H33N3/c1-20-10-9-11-26(16-20)28-17-22(3)29(18-21(28)2)31(6,7)34-24(5)33-23(4)30(34)19-25-12-14-27(32-8)15-13-25/h9-18H,19H2,1-7H3. The van der Waals surface area contributed by atoms with E-state index in [-0.39, 0.29) is 5.54 Å². The Labute approximate surface area is 203 Å². The third-order valence-electron chi connectivity index (χ3n) is 6.90. The van der Waals surface area contributed by atoms with Gasteiger partial charge in [0, 0.05) is 12.1 Å². The van der Waals surface area contributed by atoms with Gasteiger partial charge in [0.1, 0.15) is 5.82 Å². The molecular formula is C31H33N3. The molecule has 1 aromatic heterocycles. The average molecular weight is 448 g/mol. The Kier molecular flexibility index (Phi) is 6.19. The van der Waals surface area contributed by atoms with Crippen LogP contribution in [0.4, 0.5) is 5.69 Å². The van der Waals surface area contributed by atoms with E-state index in [2.05, 4.69) is 106 Å². The van der Waals surface area contributed by atoms with Crippen LogP contribution in [0.25, 0.3) is 16.0 Å². The predicted molar refractivity (Wildman–Crippen MR) is 142 cm³/mol. The Balaban J connectivity index is 1.79. The minimum absolute atomic E-state index is 0.267. The van der Waals surface area contributed by atoms with Gasteiger partial charge in [0.05, 0.1) is 17.8 Å². The Morgan fingerprint density at radius 1 is 0.882 bits per heavy atom. The summed E-state index contributed by atoms with van der Waals surface area (Å²) in [5.74, 6) is 1.02. The summed E-state index contributed by atoms with van der Waals surface area (Å²) in [6.45, 7) is 22.6. The molecule has 0 aliphatic rings. The van der Waals surface area contributed by atoms with Crippen molar-refractivity contribution in [1.29, 1.82) is 0 Å². The third-order valence-corrected chi connectivity index (χ3v) is 6.90. The fourth-order valence-electron chi connectivity index (χ4n) is 5.26. The number of benzene rings is 3. The lowest BCUT2D eigenvalue weighted by molar-refractivity contribution is 0.412. The van der Waals surface area contributed by atoms with E-state index in [0.717, 1.165) is 17.9 Å². The zero-order chi connectivity index (χ0) is 24.6. The smallest absolute Gasteiger partial charge is 0.187 e. The highest BCUT2D eigenvalue weighted by Gasteiger charge is 2.30. The molecule has 0 fully saturated rings. The lowest BCUT2D eigenvalue weighted by Gasteiger charge is -2.33. The fourth-order valence-corrected chi connectivity index (χ4v) is 5.26. The molecule has 0 atom stereocenters. The van der Waals surface area contributed by atoms with Crippen molar-refractivity contribution >= 4 is 5.69 Å². The Morgan fingerprint density at radius 2 is 1.59 bits per heavy atom. The molecule has 0 N–H and O–H groups in total. The van der Waals surface area contributed by atoms with Crippen LogP contribution in [0.1, 0.15) is 58.9 Å². The third kappa shape index (κ3) is 4.29. The quantitative estimate of drug-likeness (QED) is 0.284. The Morgan fingerprint density at radius 3 is 2.24 bits per heavy atom. The first-order valence-corrected chi connectivity index (χ1v) is 11.8. The van der Waals surface area contributed by atoms with Gasteiger partial charge in [-0.2, -0.15) is 0 Å². The molecule has 4 rings (SSSR count). The first kappa shape index (κ1) is 23.5. The molecule has 0 radical (unpaired) electrons. The van der Waals surface area contributed by atoms with Crippen LogP contribution in [0.15, 0.2) is 60.7 Å². The van der Waals surface area contributed by atoms with Gasteiger partial charge in [0.2, 0.25) is 0 Å². The second-order valence-corrected chi connectivity index (χ2v) is 9.89. The van der Waals surface area contributed by atoms with Gasteiger partial charge in [-0.15, -0.1) is 0 Å². The number of hydrogen-bond acceptors (Lipinski definition) is 1. The van der Waals surface area contributed by atoms with Crippen molar-refractivity contribution in [2.45, 2.75) is 60.4 Å². The molecule has 0 saturated heterocycles. The van der Waals surface area contributed by atoms with Gasteiger partial charge < -0.3 is 4.57 Å². The summed E-state index contributed by atoms with van der Waals surface area (Å²) < 4.78 is 2.40. The van der Waals surface area contributed by atoms with Gasteiger partial charge in [-0.05, 0) is 81.8 Å². The summed E-state index contributed by atoms with van der Waals surface area (Å²) in [4.78, 5) is 8.40. The summed E-state index contributed by atoms with van der Waals surface area (Å²) in [6.07, 6.45) is 0.786. The van der Waals surface area contributed by atoms with Gasteiger partial charge in [-0.1, -0.05) is 66.2 Å². The lowest BCUT2D eigenvalue weighted by atomic mass is 9.85. The minimum Gasteiger partial charge on any atom is -0.322 e. The van der Waals surface area contributed by atoms with Crippen LogP contribution in [0, 0.1) is 41.2 Å². The molecule has 0 bridgehead atoms. The van der Waals surface area contributed by atoms with Crippen molar-refractivity contribution in [2.75, 3.05) is 0 Å². The van der Waals surface area contributed by atoms with Crippen LogP contribution in [0.2, 0.25) is 0 Å². The Bertz CT molecular complexity index is 1400. The van der Waals surface area contributed by atoms with E-state index < -0.39 is 0 Å². The highest BCUT2D eigenvalue weighted by atomic mass is 15.1. The molecule has 172 valence electrons. The first-order valence-electron chi connectivity index (χ1n) is 11.8. The summed E-state index contributed by atoms with van der Waals surface area (Å²) in [5, 5.41) is 0. The Hall–Kier alpha value is -3.64.